The number of hydrogen-bond donors (Lipinski definition) is 1. The summed E-state index contributed by atoms with van der Waals surface area (Å²) in [6, 6.07) is 15.6. The van der Waals surface area contributed by atoms with Crippen molar-refractivity contribution in [3.63, 3.8) is 0 Å². The lowest BCUT2D eigenvalue weighted by molar-refractivity contribution is 0.0999. The topological polar surface area (TPSA) is 64.4 Å². The molecule has 0 bridgehead atoms. The number of para-hydroxylation sites is 2. The highest BCUT2D eigenvalue weighted by Gasteiger charge is 2.28. The second-order valence-electron chi connectivity index (χ2n) is 8.49. The second-order valence-corrected chi connectivity index (χ2v) is 10.6. The molecule has 0 fully saturated rings. The number of nitrogens with zero attached hydrogens (tertiary/aromatic N) is 1. The zero-order valence-corrected chi connectivity index (χ0v) is 19.9. The Morgan fingerprint density at radius 1 is 1.18 bits per heavy atom. The molecule has 1 aliphatic carbocycles. The molecule has 0 saturated carbocycles. The van der Waals surface area contributed by atoms with Gasteiger partial charge in [-0.15, -0.1) is 22.7 Å². The van der Waals surface area contributed by atoms with Crippen molar-refractivity contribution in [3.05, 3.63) is 64.7 Å². The van der Waals surface area contributed by atoms with Crippen LogP contribution < -0.4 is 10.1 Å². The zero-order chi connectivity index (χ0) is 22.5. The van der Waals surface area contributed by atoms with Crippen LogP contribution in [0, 0.1) is 5.92 Å². The number of anilines is 1. The minimum Gasteiger partial charge on any atom is -0.493 e. The van der Waals surface area contributed by atoms with E-state index in [2.05, 4.69) is 18.3 Å². The van der Waals surface area contributed by atoms with Crippen molar-refractivity contribution in [1.29, 1.82) is 0 Å². The first-order chi connectivity index (χ1) is 16.1. The molecule has 1 N–H and O–H groups in total. The van der Waals surface area contributed by atoms with Crippen LogP contribution in [0.4, 0.5) is 5.00 Å². The highest BCUT2D eigenvalue weighted by Crippen LogP contribution is 2.47. The molecule has 6 rings (SSSR count). The maximum atomic E-state index is 13.3. The van der Waals surface area contributed by atoms with Gasteiger partial charge in [0.1, 0.15) is 10.0 Å². The normalized spacial score (nSPS) is 15.6. The second kappa shape index (κ2) is 8.01. The molecule has 0 unspecified atom stereocenters. The van der Waals surface area contributed by atoms with E-state index < -0.39 is 0 Å². The molecule has 166 valence electrons. The third-order valence-electron chi connectivity index (χ3n) is 6.20. The molecular formula is C26H22N2O3S2. The van der Waals surface area contributed by atoms with Crippen molar-refractivity contribution in [2.75, 3.05) is 12.4 Å². The molecule has 0 radical (unpaired) electrons. The molecule has 33 heavy (non-hydrogen) atoms. The average molecular weight is 475 g/mol. The van der Waals surface area contributed by atoms with E-state index in [-0.39, 0.29) is 11.7 Å². The van der Waals surface area contributed by atoms with Gasteiger partial charge in [-0.05, 0) is 55.0 Å². The molecule has 5 nitrogen and oxygen atoms in total. The van der Waals surface area contributed by atoms with Gasteiger partial charge >= 0.3 is 0 Å². The molecule has 0 spiro atoms. The van der Waals surface area contributed by atoms with Crippen molar-refractivity contribution in [2.45, 2.75) is 26.2 Å². The van der Waals surface area contributed by atoms with E-state index in [1.165, 1.54) is 10.4 Å². The Bertz CT molecular complexity index is 1480. The standard InChI is InChI=1S/C26H22N2O3S2/c1-14-10-11-16-21(12-14)33-26(22(16)25-27-17-7-3-4-9-20(17)32-25)28-24(29)19-13-15-6-5-8-18(30-2)23(15)31-19/h3-9,13-14H,10-12H2,1-2H3,(H,28,29)/t14-/m0/s1. The van der Waals surface area contributed by atoms with Gasteiger partial charge in [0.25, 0.3) is 5.91 Å². The van der Waals surface area contributed by atoms with Crippen LogP contribution >= 0.6 is 22.7 Å². The van der Waals surface area contributed by atoms with Crippen molar-refractivity contribution in [2.24, 2.45) is 5.92 Å². The predicted octanol–water partition coefficient (Wildman–Crippen LogP) is 7.16. The highest BCUT2D eigenvalue weighted by molar-refractivity contribution is 7.23. The Morgan fingerprint density at radius 3 is 2.91 bits per heavy atom. The van der Waals surface area contributed by atoms with Crippen LogP contribution in [0.1, 0.15) is 34.3 Å². The molecule has 5 aromatic rings. The number of rotatable bonds is 4. The number of hydrogen-bond acceptors (Lipinski definition) is 6. The molecule has 7 heteroatoms. The minimum absolute atomic E-state index is 0.262. The molecule has 2 aromatic carbocycles. The number of benzene rings is 2. The fourth-order valence-electron chi connectivity index (χ4n) is 4.52. The number of aromatic nitrogens is 1. The summed E-state index contributed by atoms with van der Waals surface area (Å²) in [7, 11) is 1.60. The number of thiophene rings is 1. The lowest BCUT2D eigenvalue weighted by atomic mass is 9.88. The quantitative estimate of drug-likeness (QED) is 0.300. The van der Waals surface area contributed by atoms with Crippen LogP contribution in [-0.2, 0) is 12.8 Å². The number of thiazole rings is 1. The van der Waals surface area contributed by atoms with Gasteiger partial charge < -0.3 is 14.5 Å². The average Bonchev–Trinajstić information content (AvgIpc) is 3.52. The first kappa shape index (κ1) is 20.4. The van der Waals surface area contributed by atoms with Crippen molar-refractivity contribution < 1.29 is 13.9 Å². The molecule has 0 saturated heterocycles. The highest BCUT2D eigenvalue weighted by atomic mass is 32.1. The van der Waals surface area contributed by atoms with E-state index in [4.69, 9.17) is 14.1 Å². The number of methoxy groups -OCH3 is 1. The molecule has 3 heterocycles. The number of furan rings is 1. The van der Waals surface area contributed by atoms with E-state index in [1.807, 2.05) is 36.4 Å². The van der Waals surface area contributed by atoms with Gasteiger partial charge in [0.05, 0.1) is 17.3 Å². The van der Waals surface area contributed by atoms with Crippen LogP contribution in [0.3, 0.4) is 0 Å². The van der Waals surface area contributed by atoms with Gasteiger partial charge in [0.2, 0.25) is 0 Å². The van der Waals surface area contributed by atoms with Crippen LogP contribution in [0.2, 0.25) is 0 Å². The number of ether oxygens (including phenoxy) is 1. The first-order valence-electron chi connectivity index (χ1n) is 11.0. The summed E-state index contributed by atoms with van der Waals surface area (Å²) < 4.78 is 12.4. The summed E-state index contributed by atoms with van der Waals surface area (Å²) in [6.45, 7) is 2.29. The summed E-state index contributed by atoms with van der Waals surface area (Å²) in [6.07, 6.45) is 3.20. The Hall–Kier alpha value is -3.16. The summed E-state index contributed by atoms with van der Waals surface area (Å²) in [5.41, 5.74) is 3.98. The summed E-state index contributed by atoms with van der Waals surface area (Å²) in [5, 5.41) is 5.81. The van der Waals surface area contributed by atoms with Gasteiger partial charge in [0.15, 0.2) is 17.1 Å². The van der Waals surface area contributed by atoms with Gasteiger partial charge in [0, 0.05) is 15.8 Å². The van der Waals surface area contributed by atoms with E-state index >= 15 is 0 Å². The van der Waals surface area contributed by atoms with Crippen LogP contribution in [0.15, 0.2) is 52.9 Å². The third kappa shape index (κ3) is 3.52. The summed E-state index contributed by atoms with van der Waals surface area (Å²) in [4.78, 5) is 19.5. The minimum atomic E-state index is -0.262. The van der Waals surface area contributed by atoms with Crippen LogP contribution in [0.5, 0.6) is 5.75 Å². The Labute approximate surface area is 199 Å². The van der Waals surface area contributed by atoms with Crippen molar-refractivity contribution >= 4 is 54.8 Å². The van der Waals surface area contributed by atoms with Gasteiger partial charge in [-0.2, -0.15) is 0 Å². The lowest BCUT2D eigenvalue weighted by Gasteiger charge is -2.18. The smallest absolute Gasteiger partial charge is 0.292 e. The van der Waals surface area contributed by atoms with Gasteiger partial charge in [-0.3, -0.25) is 4.79 Å². The molecule has 0 aliphatic heterocycles. The summed E-state index contributed by atoms with van der Waals surface area (Å²) in [5.74, 6) is 1.26. The van der Waals surface area contributed by atoms with Crippen LogP contribution in [0.25, 0.3) is 31.8 Å². The van der Waals surface area contributed by atoms with E-state index in [1.54, 1.807) is 35.8 Å². The van der Waals surface area contributed by atoms with Gasteiger partial charge in [-0.25, -0.2) is 4.98 Å². The number of fused-ring (bicyclic) bond motifs is 3. The largest absolute Gasteiger partial charge is 0.493 e. The summed E-state index contributed by atoms with van der Waals surface area (Å²) >= 11 is 3.36. The zero-order valence-electron chi connectivity index (χ0n) is 18.3. The number of amides is 1. The van der Waals surface area contributed by atoms with Crippen molar-refractivity contribution in [1.82, 2.24) is 4.98 Å². The van der Waals surface area contributed by atoms with Gasteiger partial charge in [-0.1, -0.05) is 31.2 Å². The molecule has 1 atom stereocenters. The first-order valence-corrected chi connectivity index (χ1v) is 12.6. The lowest BCUT2D eigenvalue weighted by Crippen LogP contribution is -2.11. The number of carbonyl (C=O) groups excluding carboxylic acids is 1. The Balaban J connectivity index is 1.42. The SMILES string of the molecule is COc1cccc2cc(C(=O)Nc3sc4c(c3-c3nc5ccccc5s3)CC[C@H](C)C4)oc12. The maximum Gasteiger partial charge on any atom is 0.292 e. The molecule has 3 aromatic heterocycles. The monoisotopic (exact) mass is 474 g/mol. The van der Waals surface area contributed by atoms with E-state index in [0.717, 1.165) is 50.4 Å². The fraction of sp³-hybridized carbons (Fsp3) is 0.231. The third-order valence-corrected chi connectivity index (χ3v) is 8.42. The Kier molecular flexibility index (Phi) is 4.96. The number of carbonyl (C=O) groups is 1. The Morgan fingerprint density at radius 2 is 2.06 bits per heavy atom. The number of nitrogens with one attached hydrogen (secondary N) is 1. The predicted molar refractivity (Wildman–Crippen MR) is 135 cm³/mol. The molecular weight excluding hydrogens is 452 g/mol. The molecule has 1 amide bonds. The maximum absolute atomic E-state index is 13.3. The van der Waals surface area contributed by atoms with Crippen molar-refractivity contribution in [3.8, 4) is 16.3 Å². The molecule has 1 aliphatic rings. The van der Waals surface area contributed by atoms with E-state index in [9.17, 15) is 4.79 Å². The fourth-order valence-corrected chi connectivity index (χ4v) is 7.03. The van der Waals surface area contributed by atoms with E-state index in [0.29, 0.717) is 17.3 Å². The van der Waals surface area contributed by atoms with Crippen LogP contribution in [-0.4, -0.2) is 18.0 Å².